The molecular weight excluding hydrogens is 358 g/mol. The van der Waals surface area contributed by atoms with Crippen LogP contribution < -0.4 is 5.32 Å². The molecule has 4 N–H and O–H groups in total. The lowest BCUT2D eigenvalue weighted by molar-refractivity contribution is -0.134. The van der Waals surface area contributed by atoms with Crippen LogP contribution >= 0.6 is 0 Å². The van der Waals surface area contributed by atoms with Crippen LogP contribution in [0.2, 0.25) is 0 Å². The molecule has 7 nitrogen and oxygen atoms in total. The quantitative estimate of drug-likeness (QED) is 0.408. The molecule has 0 aliphatic carbocycles. The van der Waals surface area contributed by atoms with Gasteiger partial charge in [-0.05, 0) is 35.7 Å². The number of carboxylic acid groups (broad SMARTS) is 1. The molecule has 136 valence electrons. The van der Waals surface area contributed by atoms with Crippen molar-refractivity contribution in [1.29, 1.82) is 0 Å². The molecule has 0 aromatic heterocycles. The van der Waals surface area contributed by atoms with Crippen molar-refractivity contribution in [3.05, 3.63) is 66.7 Å². The summed E-state index contributed by atoms with van der Waals surface area (Å²) in [6, 6.07) is 18.0. The SMILES string of the molecule is O=C(O)CNc1ccc(O)cc1.O=S(=O)(O)c1cccc2ccccc12. The minimum Gasteiger partial charge on any atom is -0.508 e. The molecule has 3 aromatic carbocycles. The number of hydrogen-bond donors (Lipinski definition) is 4. The van der Waals surface area contributed by atoms with Gasteiger partial charge in [-0.3, -0.25) is 9.35 Å². The summed E-state index contributed by atoms with van der Waals surface area (Å²) in [7, 11) is -4.13. The number of hydrogen-bond acceptors (Lipinski definition) is 5. The topological polar surface area (TPSA) is 124 Å². The Hall–Kier alpha value is -3.10. The number of carbonyl (C=O) groups is 1. The zero-order valence-corrected chi connectivity index (χ0v) is 14.3. The minimum atomic E-state index is -4.13. The fourth-order valence-corrected chi connectivity index (χ4v) is 2.89. The molecule has 0 bridgehead atoms. The normalized spacial score (nSPS) is 10.7. The summed E-state index contributed by atoms with van der Waals surface area (Å²) in [5, 5.41) is 21.2. The van der Waals surface area contributed by atoms with E-state index < -0.39 is 16.1 Å². The second-order valence-electron chi connectivity index (χ2n) is 5.25. The zero-order chi connectivity index (χ0) is 19.2. The van der Waals surface area contributed by atoms with Gasteiger partial charge in [0.1, 0.15) is 17.2 Å². The van der Waals surface area contributed by atoms with E-state index in [1.807, 2.05) is 6.07 Å². The molecule has 0 amide bonds. The van der Waals surface area contributed by atoms with Gasteiger partial charge >= 0.3 is 5.97 Å². The number of anilines is 1. The first-order valence-electron chi connectivity index (χ1n) is 7.47. The van der Waals surface area contributed by atoms with E-state index in [4.69, 9.17) is 14.8 Å². The Morgan fingerprint density at radius 2 is 1.54 bits per heavy atom. The number of aliphatic carboxylic acids is 1. The Bertz CT molecular complexity index is 994. The molecule has 0 aliphatic heterocycles. The lowest BCUT2D eigenvalue weighted by Gasteiger charge is -2.02. The van der Waals surface area contributed by atoms with Gasteiger partial charge in [0, 0.05) is 11.1 Å². The van der Waals surface area contributed by atoms with Gasteiger partial charge in [-0.1, -0.05) is 36.4 Å². The third-order valence-electron chi connectivity index (χ3n) is 3.34. The molecule has 26 heavy (non-hydrogen) atoms. The number of aromatic hydroxyl groups is 1. The van der Waals surface area contributed by atoms with Crippen molar-refractivity contribution in [2.24, 2.45) is 0 Å². The molecule has 0 atom stereocenters. The summed E-state index contributed by atoms with van der Waals surface area (Å²) in [5.41, 5.74) is 0.676. The Kier molecular flexibility index (Phi) is 6.16. The smallest absolute Gasteiger partial charge is 0.322 e. The lowest BCUT2D eigenvalue weighted by atomic mass is 10.1. The summed E-state index contributed by atoms with van der Waals surface area (Å²) in [4.78, 5) is 10.1. The van der Waals surface area contributed by atoms with E-state index in [-0.39, 0.29) is 17.2 Å². The first-order chi connectivity index (χ1) is 12.3. The van der Waals surface area contributed by atoms with E-state index in [1.54, 1.807) is 42.5 Å². The van der Waals surface area contributed by atoms with Crippen LogP contribution in [0.4, 0.5) is 5.69 Å². The minimum absolute atomic E-state index is 0.0457. The van der Waals surface area contributed by atoms with Crippen molar-refractivity contribution in [3.8, 4) is 5.75 Å². The Morgan fingerprint density at radius 1 is 0.923 bits per heavy atom. The van der Waals surface area contributed by atoms with Crippen LogP contribution in [-0.4, -0.2) is 35.7 Å². The molecule has 0 heterocycles. The molecule has 0 saturated heterocycles. The highest BCUT2D eigenvalue weighted by Gasteiger charge is 2.12. The summed E-state index contributed by atoms with van der Waals surface area (Å²) in [6.45, 7) is -0.120. The maximum Gasteiger partial charge on any atom is 0.322 e. The molecule has 0 spiro atoms. The van der Waals surface area contributed by atoms with Gasteiger partial charge in [0.25, 0.3) is 10.1 Å². The molecule has 0 aliphatic rings. The van der Waals surface area contributed by atoms with Crippen molar-refractivity contribution in [1.82, 2.24) is 0 Å². The van der Waals surface area contributed by atoms with E-state index in [2.05, 4.69) is 5.32 Å². The standard InChI is InChI=1S/C10H8O3S.C8H9NO3/c11-14(12,13)10-7-3-5-8-4-1-2-6-9(8)10;10-7-3-1-6(2-4-7)9-5-8(11)12/h1-7H,(H,11,12,13);1-4,9-10H,5H2,(H,11,12). The highest BCUT2D eigenvalue weighted by atomic mass is 32.2. The Morgan fingerprint density at radius 3 is 2.15 bits per heavy atom. The van der Waals surface area contributed by atoms with E-state index in [1.165, 1.54) is 18.2 Å². The van der Waals surface area contributed by atoms with E-state index in [0.717, 1.165) is 5.39 Å². The van der Waals surface area contributed by atoms with Gasteiger partial charge < -0.3 is 15.5 Å². The van der Waals surface area contributed by atoms with E-state index >= 15 is 0 Å². The molecule has 3 rings (SSSR count). The van der Waals surface area contributed by atoms with Crippen molar-refractivity contribution in [2.45, 2.75) is 4.90 Å². The van der Waals surface area contributed by atoms with Gasteiger partial charge in [0.05, 0.1) is 0 Å². The third-order valence-corrected chi connectivity index (χ3v) is 4.25. The highest BCUT2D eigenvalue weighted by molar-refractivity contribution is 7.86. The second-order valence-corrected chi connectivity index (χ2v) is 6.64. The van der Waals surface area contributed by atoms with Crippen molar-refractivity contribution < 1.29 is 28.0 Å². The number of nitrogens with one attached hydrogen (secondary N) is 1. The van der Waals surface area contributed by atoms with Crippen LogP contribution in [0.1, 0.15) is 0 Å². The predicted molar refractivity (Wildman–Crippen MR) is 98.0 cm³/mol. The molecule has 0 unspecified atom stereocenters. The number of rotatable bonds is 4. The van der Waals surface area contributed by atoms with Gasteiger partial charge in [0.15, 0.2) is 0 Å². The monoisotopic (exact) mass is 375 g/mol. The van der Waals surface area contributed by atoms with Crippen molar-refractivity contribution >= 4 is 32.5 Å². The van der Waals surface area contributed by atoms with Crippen molar-refractivity contribution in [2.75, 3.05) is 11.9 Å². The van der Waals surface area contributed by atoms with Gasteiger partial charge in [0.2, 0.25) is 0 Å². The fraction of sp³-hybridized carbons (Fsp3) is 0.0556. The molecule has 0 saturated carbocycles. The number of benzene rings is 3. The summed E-state index contributed by atoms with van der Waals surface area (Å²) < 4.78 is 31.0. The zero-order valence-electron chi connectivity index (χ0n) is 13.5. The summed E-state index contributed by atoms with van der Waals surface area (Å²) >= 11 is 0. The largest absolute Gasteiger partial charge is 0.508 e. The fourth-order valence-electron chi connectivity index (χ4n) is 2.18. The summed E-state index contributed by atoms with van der Waals surface area (Å²) in [6.07, 6.45) is 0. The maximum absolute atomic E-state index is 11.0. The van der Waals surface area contributed by atoms with Crippen LogP contribution in [0.25, 0.3) is 10.8 Å². The molecular formula is C18H17NO6S. The highest BCUT2D eigenvalue weighted by Crippen LogP contribution is 2.22. The van der Waals surface area contributed by atoms with E-state index in [0.29, 0.717) is 11.1 Å². The van der Waals surface area contributed by atoms with Crippen LogP contribution in [0.5, 0.6) is 5.75 Å². The molecule has 0 fully saturated rings. The molecule has 0 radical (unpaired) electrons. The maximum atomic E-state index is 11.0. The second kappa shape index (κ2) is 8.32. The predicted octanol–water partition coefficient (Wildman–Crippen LogP) is 2.98. The lowest BCUT2D eigenvalue weighted by Crippen LogP contribution is -2.11. The number of phenols is 1. The summed E-state index contributed by atoms with van der Waals surface area (Å²) in [5.74, 6) is -0.751. The number of phenolic OH excluding ortho intramolecular Hbond substituents is 1. The average Bonchev–Trinajstić information content (AvgIpc) is 2.60. The van der Waals surface area contributed by atoms with Crippen LogP contribution in [-0.2, 0) is 14.9 Å². The Labute approximate surface area is 150 Å². The van der Waals surface area contributed by atoms with Crippen molar-refractivity contribution in [3.63, 3.8) is 0 Å². The van der Waals surface area contributed by atoms with Gasteiger partial charge in [-0.2, -0.15) is 8.42 Å². The van der Waals surface area contributed by atoms with Crippen LogP contribution in [0.15, 0.2) is 71.6 Å². The third kappa shape index (κ3) is 5.47. The van der Waals surface area contributed by atoms with Gasteiger partial charge in [-0.15, -0.1) is 0 Å². The Balaban J connectivity index is 0.000000190. The van der Waals surface area contributed by atoms with E-state index in [9.17, 15) is 13.2 Å². The number of carboxylic acids is 1. The first-order valence-corrected chi connectivity index (χ1v) is 8.91. The van der Waals surface area contributed by atoms with Gasteiger partial charge in [-0.25, -0.2) is 0 Å². The van der Waals surface area contributed by atoms with Crippen LogP contribution in [0, 0.1) is 0 Å². The average molecular weight is 375 g/mol. The first kappa shape index (κ1) is 19.2. The number of fused-ring (bicyclic) bond motifs is 1. The molecule has 8 heteroatoms. The molecule has 3 aromatic rings. The van der Waals surface area contributed by atoms with Crippen LogP contribution in [0.3, 0.4) is 0 Å².